The predicted molar refractivity (Wildman–Crippen MR) is 74.7 cm³/mol. The fraction of sp³-hybridized carbons (Fsp3) is 0.250. The van der Waals surface area contributed by atoms with E-state index in [1.54, 1.807) is 30.3 Å². The third-order valence-electron chi connectivity index (χ3n) is 3.16. The van der Waals surface area contributed by atoms with Gasteiger partial charge in [0.15, 0.2) is 0 Å². The number of hydrogen-bond acceptors (Lipinski definition) is 2. The van der Waals surface area contributed by atoms with Crippen molar-refractivity contribution >= 4 is 0 Å². The van der Waals surface area contributed by atoms with Crippen LogP contribution in [0.1, 0.15) is 24.1 Å². The quantitative estimate of drug-likeness (QED) is 0.859. The Morgan fingerprint density at radius 3 is 2.33 bits per heavy atom. The summed E-state index contributed by atoms with van der Waals surface area (Å²) in [6.45, 7) is -0.514. The van der Waals surface area contributed by atoms with Crippen LogP contribution in [-0.2, 0) is 6.54 Å². The normalized spacial score (nSPS) is 12.4. The Morgan fingerprint density at radius 1 is 1.05 bits per heavy atom. The van der Waals surface area contributed by atoms with E-state index in [2.05, 4.69) is 10.1 Å². The van der Waals surface area contributed by atoms with Crippen molar-refractivity contribution < 1.29 is 17.9 Å². The van der Waals surface area contributed by atoms with Crippen molar-refractivity contribution in [1.82, 2.24) is 5.32 Å². The van der Waals surface area contributed by atoms with Gasteiger partial charge in [-0.15, -0.1) is 0 Å². The highest BCUT2D eigenvalue weighted by atomic mass is 19.3. The third kappa shape index (κ3) is 4.49. The summed E-state index contributed by atoms with van der Waals surface area (Å²) in [7, 11) is 0. The molecule has 0 spiro atoms. The van der Waals surface area contributed by atoms with Crippen molar-refractivity contribution in [2.45, 2.75) is 26.1 Å². The van der Waals surface area contributed by atoms with Crippen LogP contribution in [0.25, 0.3) is 0 Å². The standard InChI is InChI=1S/C16H16F3NO/c1-11(20-10-13-4-2-3-5-15(13)17)12-6-8-14(9-7-12)21-16(18)19/h2-9,11,16,20H,10H2,1H3. The molecule has 0 saturated heterocycles. The van der Waals surface area contributed by atoms with E-state index in [1.165, 1.54) is 18.2 Å². The summed E-state index contributed by atoms with van der Waals surface area (Å²) in [6.07, 6.45) is 0. The average molecular weight is 295 g/mol. The Hall–Kier alpha value is -2.01. The highest BCUT2D eigenvalue weighted by Crippen LogP contribution is 2.19. The molecule has 0 fully saturated rings. The van der Waals surface area contributed by atoms with Crippen LogP contribution in [0.5, 0.6) is 5.75 Å². The van der Waals surface area contributed by atoms with Gasteiger partial charge >= 0.3 is 6.61 Å². The van der Waals surface area contributed by atoms with Crippen LogP contribution in [0.15, 0.2) is 48.5 Å². The zero-order valence-electron chi connectivity index (χ0n) is 11.5. The van der Waals surface area contributed by atoms with Crippen LogP contribution in [0.4, 0.5) is 13.2 Å². The maximum Gasteiger partial charge on any atom is 0.387 e. The molecule has 2 aromatic rings. The molecule has 2 nitrogen and oxygen atoms in total. The zero-order valence-corrected chi connectivity index (χ0v) is 11.5. The Kier molecular flexibility index (Phi) is 5.22. The van der Waals surface area contributed by atoms with Gasteiger partial charge in [-0.2, -0.15) is 8.78 Å². The highest BCUT2D eigenvalue weighted by Gasteiger charge is 2.08. The summed E-state index contributed by atoms with van der Waals surface area (Å²) in [4.78, 5) is 0. The van der Waals surface area contributed by atoms with Gasteiger partial charge in [0.25, 0.3) is 0 Å². The predicted octanol–water partition coefficient (Wildman–Crippen LogP) is 4.28. The summed E-state index contributed by atoms with van der Waals surface area (Å²) in [5.41, 5.74) is 1.50. The van der Waals surface area contributed by atoms with E-state index in [1.807, 2.05) is 6.92 Å². The number of benzene rings is 2. The number of nitrogens with one attached hydrogen (secondary N) is 1. The lowest BCUT2D eigenvalue weighted by Gasteiger charge is -2.15. The van der Waals surface area contributed by atoms with Gasteiger partial charge in [0.05, 0.1) is 0 Å². The minimum absolute atomic E-state index is 0.0368. The Bertz CT molecular complexity index is 572. The molecule has 0 heterocycles. The van der Waals surface area contributed by atoms with Crippen LogP contribution >= 0.6 is 0 Å². The Morgan fingerprint density at radius 2 is 1.71 bits per heavy atom. The van der Waals surface area contributed by atoms with Crippen LogP contribution in [0.2, 0.25) is 0 Å². The molecule has 1 N–H and O–H groups in total. The number of rotatable bonds is 6. The second-order valence-corrected chi connectivity index (χ2v) is 4.64. The lowest BCUT2D eigenvalue weighted by Crippen LogP contribution is -2.18. The van der Waals surface area contributed by atoms with E-state index in [-0.39, 0.29) is 17.6 Å². The van der Waals surface area contributed by atoms with Crippen LogP contribution in [-0.4, -0.2) is 6.61 Å². The van der Waals surface area contributed by atoms with Gasteiger partial charge < -0.3 is 10.1 Å². The molecule has 2 aromatic carbocycles. The maximum absolute atomic E-state index is 13.5. The lowest BCUT2D eigenvalue weighted by molar-refractivity contribution is -0.0498. The van der Waals surface area contributed by atoms with E-state index < -0.39 is 6.61 Å². The number of hydrogen-bond donors (Lipinski definition) is 1. The molecule has 0 aliphatic heterocycles. The molecule has 1 unspecified atom stereocenters. The molecule has 0 saturated carbocycles. The minimum atomic E-state index is -2.83. The first-order chi connectivity index (χ1) is 10.1. The molecule has 0 aromatic heterocycles. The molecule has 0 aliphatic rings. The van der Waals surface area contributed by atoms with Gasteiger partial charge in [-0.25, -0.2) is 4.39 Å². The van der Waals surface area contributed by atoms with Crippen LogP contribution in [0.3, 0.4) is 0 Å². The van der Waals surface area contributed by atoms with Crippen LogP contribution in [0, 0.1) is 5.82 Å². The topological polar surface area (TPSA) is 21.3 Å². The van der Waals surface area contributed by atoms with E-state index >= 15 is 0 Å². The number of alkyl halides is 2. The average Bonchev–Trinajstić information content (AvgIpc) is 2.46. The molecule has 5 heteroatoms. The monoisotopic (exact) mass is 295 g/mol. The first-order valence-corrected chi connectivity index (χ1v) is 6.58. The molecule has 1 atom stereocenters. The molecular formula is C16H16F3NO. The SMILES string of the molecule is CC(NCc1ccccc1F)c1ccc(OC(F)F)cc1. The molecule has 2 rings (SSSR count). The Labute approximate surface area is 121 Å². The second-order valence-electron chi connectivity index (χ2n) is 4.64. The van der Waals surface area contributed by atoms with Gasteiger partial charge in [-0.1, -0.05) is 30.3 Å². The third-order valence-corrected chi connectivity index (χ3v) is 3.16. The van der Waals surface area contributed by atoms with Gasteiger partial charge in [-0.3, -0.25) is 0 Å². The minimum Gasteiger partial charge on any atom is -0.435 e. The molecule has 0 bridgehead atoms. The summed E-state index contributed by atoms with van der Waals surface area (Å²) in [6, 6.07) is 12.9. The molecule has 0 radical (unpaired) electrons. The van der Waals surface area contributed by atoms with E-state index in [0.29, 0.717) is 12.1 Å². The van der Waals surface area contributed by atoms with E-state index in [9.17, 15) is 13.2 Å². The smallest absolute Gasteiger partial charge is 0.387 e. The first kappa shape index (κ1) is 15.4. The molecule has 0 amide bonds. The number of halogens is 3. The van der Waals surface area contributed by atoms with Gasteiger partial charge in [-0.05, 0) is 30.7 Å². The molecular weight excluding hydrogens is 279 g/mol. The van der Waals surface area contributed by atoms with Gasteiger partial charge in [0, 0.05) is 18.2 Å². The highest BCUT2D eigenvalue weighted by molar-refractivity contribution is 5.29. The first-order valence-electron chi connectivity index (χ1n) is 6.58. The van der Waals surface area contributed by atoms with Crippen molar-refractivity contribution in [3.05, 3.63) is 65.5 Å². The molecule has 21 heavy (non-hydrogen) atoms. The summed E-state index contributed by atoms with van der Waals surface area (Å²) < 4.78 is 41.9. The zero-order chi connectivity index (χ0) is 15.2. The van der Waals surface area contributed by atoms with E-state index in [0.717, 1.165) is 5.56 Å². The van der Waals surface area contributed by atoms with Crippen LogP contribution < -0.4 is 10.1 Å². The lowest BCUT2D eigenvalue weighted by atomic mass is 10.1. The van der Waals surface area contributed by atoms with Crippen molar-refractivity contribution in [3.63, 3.8) is 0 Å². The van der Waals surface area contributed by atoms with Gasteiger partial charge in [0.2, 0.25) is 0 Å². The summed E-state index contributed by atoms with van der Waals surface area (Å²) in [5, 5.41) is 3.19. The largest absolute Gasteiger partial charge is 0.435 e. The summed E-state index contributed by atoms with van der Waals surface area (Å²) in [5.74, 6) is -0.132. The number of ether oxygens (including phenoxy) is 1. The van der Waals surface area contributed by atoms with E-state index in [4.69, 9.17) is 0 Å². The molecule has 0 aliphatic carbocycles. The second kappa shape index (κ2) is 7.13. The fourth-order valence-electron chi connectivity index (χ4n) is 1.96. The van der Waals surface area contributed by atoms with Crippen molar-refractivity contribution in [3.8, 4) is 5.75 Å². The molecule has 112 valence electrons. The van der Waals surface area contributed by atoms with Crippen molar-refractivity contribution in [2.24, 2.45) is 0 Å². The fourth-order valence-corrected chi connectivity index (χ4v) is 1.96. The maximum atomic E-state index is 13.5. The van der Waals surface area contributed by atoms with Gasteiger partial charge in [0.1, 0.15) is 11.6 Å². The Balaban J connectivity index is 1.94. The van der Waals surface area contributed by atoms with Crippen molar-refractivity contribution in [1.29, 1.82) is 0 Å². The summed E-state index contributed by atoms with van der Waals surface area (Å²) >= 11 is 0. The van der Waals surface area contributed by atoms with Crippen molar-refractivity contribution in [2.75, 3.05) is 0 Å².